The van der Waals surface area contributed by atoms with Crippen LogP contribution in [0.2, 0.25) is 0 Å². The lowest BCUT2D eigenvalue weighted by Crippen LogP contribution is -2.36. The van der Waals surface area contributed by atoms with E-state index in [-0.39, 0.29) is 34.0 Å². The molecule has 4 aromatic heterocycles. The van der Waals surface area contributed by atoms with Crippen LogP contribution in [0.15, 0.2) is 23.8 Å². The summed E-state index contributed by atoms with van der Waals surface area (Å²) in [4.78, 5) is 57.7. The van der Waals surface area contributed by atoms with Crippen LogP contribution in [-0.4, -0.2) is 109 Å². The highest BCUT2D eigenvalue weighted by molar-refractivity contribution is 8.07. The number of nitrogens with one attached hydrogen (secondary N) is 1. The fraction of sp³-hybridized carbons (Fsp3) is 0.524. The Balaban J connectivity index is 1.21. The van der Waals surface area contributed by atoms with Gasteiger partial charge in [0, 0.05) is 0 Å². The van der Waals surface area contributed by atoms with Crippen LogP contribution in [0.25, 0.3) is 22.3 Å². The predicted octanol–water partition coefficient (Wildman–Crippen LogP) is -1.38. The molecule has 10 atom stereocenters. The monoisotopic (exact) mass is 705 g/mol. The van der Waals surface area contributed by atoms with Gasteiger partial charge in [-0.15, -0.1) is 0 Å². The summed E-state index contributed by atoms with van der Waals surface area (Å²) in [6, 6.07) is 0. The summed E-state index contributed by atoms with van der Waals surface area (Å²) in [5.74, 6) is 0.386. The van der Waals surface area contributed by atoms with Crippen molar-refractivity contribution in [2.24, 2.45) is 0 Å². The van der Waals surface area contributed by atoms with Crippen molar-refractivity contribution >= 4 is 65.2 Å². The van der Waals surface area contributed by atoms with Gasteiger partial charge in [0.2, 0.25) is 0 Å². The minimum Gasteiger partial charge on any atom is -0.387 e. The zero-order valence-electron chi connectivity index (χ0n) is 22.8. The second-order valence-corrected chi connectivity index (χ2v) is 15.9. The summed E-state index contributed by atoms with van der Waals surface area (Å²) in [6.07, 6.45) is -6.81. The minimum atomic E-state index is -4.20. The van der Waals surface area contributed by atoms with Crippen molar-refractivity contribution < 1.29 is 47.6 Å². The van der Waals surface area contributed by atoms with Gasteiger partial charge < -0.3 is 49.2 Å². The summed E-state index contributed by atoms with van der Waals surface area (Å²) in [5, 5.41) is 22.5. The number of H-pyrrole nitrogens is 1. The summed E-state index contributed by atoms with van der Waals surface area (Å²) in [6.45, 7) is -7.83. The van der Waals surface area contributed by atoms with Crippen LogP contribution in [-0.2, 0) is 51.2 Å². The molecular formula is C21H25N9O11P2S2. The zero-order valence-corrected chi connectivity index (χ0v) is 26.3. The van der Waals surface area contributed by atoms with Crippen LogP contribution in [0.1, 0.15) is 18.3 Å². The number of hydrogen-bond acceptors (Lipinski definition) is 17. The molecule has 3 fully saturated rings. The number of hydrogen-bond donors (Lipinski definition) is 6. The van der Waals surface area contributed by atoms with Crippen molar-refractivity contribution in [3.8, 4) is 0 Å². The van der Waals surface area contributed by atoms with Crippen LogP contribution < -0.4 is 11.3 Å². The van der Waals surface area contributed by atoms with Gasteiger partial charge in [0.1, 0.15) is 54.3 Å². The van der Waals surface area contributed by atoms with Crippen molar-refractivity contribution in [2.75, 3.05) is 18.9 Å². The Morgan fingerprint density at radius 3 is 2.24 bits per heavy atom. The van der Waals surface area contributed by atoms with Crippen LogP contribution in [0.3, 0.4) is 0 Å². The Morgan fingerprint density at radius 1 is 0.889 bits per heavy atom. The largest absolute Gasteiger partial charge is 0.387 e. The third-order valence-corrected chi connectivity index (χ3v) is 10.5. The number of nitrogen functional groups attached to an aromatic ring is 1. The Morgan fingerprint density at radius 2 is 1.51 bits per heavy atom. The van der Waals surface area contributed by atoms with Crippen molar-refractivity contribution in [3.05, 3.63) is 35.2 Å². The number of rotatable bonds is 2. The molecule has 4 aromatic rings. The zero-order chi connectivity index (χ0) is 31.8. The van der Waals surface area contributed by atoms with E-state index in [4.69, 9.17) is 56.9 Å². The topological polar surface area (TPSA) is 269 Å². The number of aryl methyl sites for hydroxylation is 1. The fourth-order valence-electron chi connectivity index (χ4n) is 5.39. The molecule has 3 aliphatic heterocycles. The molecule has 7 rings (SSSR count). The smallest absolute Gasteiger partial charge is 0.325 e. The van der Waals surface area contributed by atoms with E-state index < -0.39 is 81.3 Å². The van der Waals surface area contributed by atoms with E-state index in [1.165, 1.54) is 28.1 Å². The van der Waals surface area contributed by atoms with E-state index in [2.05, 4.69) is 29.9 Å². The number of aliphatic hydroxyl groups excluding tert-OH is 2. The molecule has 0 amide bonds. The first-order valence-electron chi connectivity index (χ1n) is 13.2. The summed E-state index contributed by atoms with van der Waals surface area (Å²) in [5.41, 5.74) is 5.97. The number of imidazole rings is 2. The van der Waals surface area contributed by atoms with E-state index in [0.29, 0.717) is 0 Å². The lowest BCUT2D eigenvalue weighted by Gasteiger charge is -2.28. The number of anilines is 1. The maximum Gasteiger partial charge on any atom is 0.325 e. The Labute approximate surface area is 261 Å². The normalized spacial score (nSPS) is 37.7. The first-order chi connectivity index (χ1) is 21.3. The fourth-order valence-corrected chi connectivity index (χ4v) is 8.25. The van der Waals surface area contributed by atoms with Crippen LogP contribution in [0.4, 0.5) is 5.82 Å². The van der Waals surface area contributed by atoms with Gasteiger partial charge >= 0.3 is 13.4 Å². The Bertz CT molecular complexity index is 1940. The minimum absolute atomic E-state index is 0.0113. The van der Waals surface area contributed by atoms with E-state index in [0.717, 1.165) is 0 Å². The van der Waals surface area contributed by atoms with Gasteiger partial charge in [-0.25, -0.2) is 24.9 Å². The van der Waals surface area contributed by atoms with Crippen molar-refractivity contribution in [3.63, 3.8) is 0 Å². The number of aromatic nitrogens is 8. The molecule has 4 unspecified atom stereocenters. The number of nitrogens with two attached hydrogens (primary N) is 1. The van der Waals surface area contributed by atoms with Crippen molar-refractivity contribution in [1.29, 1.82) is 0 Å². The molecule has 2 bridgehead atoms. The first kappa shape index (κ1) is 31.2. The molecule has 242 valence electrons. The number of fused-ring (bicyclic) bond motifs is 5. The van der Waals surface area contributed by atoms with Crippen LogP contribution in [0, 0.1) is 6.92 Å². The molecule has 0 saturated carbocycles. The lowest BCUT2D eigenvalue weighted by atomic mass is 10.1. The lowest BCUT2D eigenvalue weighted by molar-refractivity contribution is -0.0606. The molecule has 7 heterocycles. The third-order valence-electron chi connectivity index (χ3n) is 7.42. The molecule has 0 spiro atoms. The highest BCUT2D eigenvalue weighted by atomic mass is 32.5. The number of nitrogens with zero attached hydrogens (tertiary/aromatic N) is 7. The van der Waals surface area contributed by atoms with Gasteiger partial charge in [0.25, 0.3) is 5.56 Å². The number of ether oxygens (including phenoxy) is 2. The second-order valence-electron chi connectivity index (χ2n) is 10.3. The van der Waals surface area contributed by atoms with Crippen molar-refractivity contribution in [1.82, 2.24) is 39.0 Å². The molecule has 20 nitrogen and oxygen atoms in total. The highest BCUT2D eigenvalue weighted by Gasteiger charge is 2.52. The van der Waals surface area contributed by atoms with E-state index in [1.807, 2.05) is 0 Å². The summed E-state index contributed by atoms with van der Waals surface area (Å²) >= 11 is 10.5. The van der Waals surface area contributed by atoms with Gasteiger partial charge in [0.05, 0.1) is 25.9 Å². The average Bonchev–Trinajstić information content (AvgIpc) is 3.72. The standard InChI is InChI=1S/C21H25N9O11P2S2/c1-7-27-18-11(19(33)28-7)26-6-30(18)21-15-12(31)8(38-21)2-36-42(34,44)40-14-9(3-37-43(35,45)41-15)39-20(13(14)32)29-5-25-10-16(22)23-4-24-17(10)29/h4-6,8-9,12-15,20-21,31-32H,2-3H2,1H3,(H,34,44)(H,35,45)(H2,22,23,24)(H,27,28,33)/t8-,9-,12?,13?,14+,15+,20-,21-,42?,43?/m1/s1. The van der Waals surface area contributed by atoms with E-state index in [9.17, 15) is 24.8 Å². The molecular weight excluding hydrogens is 680 g/mol. The SMILES string of the molecule is Cc1nc2c(ncn2[C@@H]2O[C@@H]3COP(O)(=S)O[C@@H]4C(O)[C@H](n5cnc6c(N)ncnc65)O[C@@H]4COP(O)(=S)O[C@H]2C3O)c(=O)[nH]1. The van der Waals surface area contributed by atoms with Gasteiger partial charge in [-0.3, -0.25) is 23.0 Å². The predicted molar refractivity (Wildman–Crippen MR) is 157 cm³/mol. The second kappa shape index (κ2) is 11.4. The Kier molecular flexibility index (Phi) is 7.90. The highest BCUT2D eigenvalue weighted by Crippen LogP contribution is 2.54. The van der Waals surface area contributed by atoms with Crippen molar-refractivity contribution in [2.45, 2.75) is 56.0 Å². The van der Waals surface area contributed by atoms with Gasteiger partial charge in [0.15, 0.2) is 35.1 Å². The molecule has 0 radical (unpaired) electrons. The van der Waals surface area contributed by atoms with Crippen LogP contribution in [0.5, 0.6) is 0 Å². The molecule has 0 aromatic carbocycles. The maximum absolute atomic E-state index is 12.4. The summed E-state index contributed by atoms with van der Waals surface area (Å²) < 4.78 is 37.4. The molecule has 45 heavy (non-hydrogen) atoms. The number of aromatic amines is 1. The molecule has 3 aliphatic rings. The third kappa shape index (κ3) is 5.63. The van der Waals surface area contributed by atoms with Gasteiger partial charge in [-0.2, -0.15) is 0 Å². The van der Waals surface area contributed by atoms with Gasteiger partial charge in [-0.05, 0) is 30.5 Å². The van der Waals surface area contributed by atoms with Crippen LogP contribution >= 0.6 is 13.4 Å². The first-order valence-corrected chi connectivity index (χ1v) is 18.3. The van der Waals surface area contributed by atoms with Gasteiger partial charge in [-0.1, -0.05) is 0 Å². The average molecular weight is 706 g/mol. The summed E-state index contributed by atoms with van der Waals surface area (Å²) in [7, 11) is 0. The molecule has 3 saturated heterocycles. The molecule has 24 heteroatoms. The van der Waals surface area contributed by atoms with E-state index >= 15 is 0 Å². The number of aliphatic hydroxyl groups is 2. The molecule has 7 N–H and O–H groups in total. The molecule has 0 aliphatic carbocycles. The quantitative estimate of drug-likeness (QED) is 0.131. The maximum atomic E-state index is 12.4. The van der Waals surface area contributed by atoms with E-state index in [1.54, 1.807) is 6.92 Å². The Hall–Kier alpha value is -2.40.